The van der Waals surface area contributed by atoms with Gasteiger partial charge in [0.15, 0.2) is 0 Å². The lowest BCUT2D eigenvalue weighted by molar-refractivity contribution is -0.130. The van der Waals surface area contributed by atoms with Crippen molar-refractivity contribution in [1.29, 1.82) is 0 Å². The third-order valence-corrected chi connectivity index (χ3v) is 5.56. The van der Waals surface area contributed by atoms with Crippen LogP contribution in [0.1, 0.15) is 50.0 Å². The quantitative estimate of drug-likeness (QED) is 0.825. The van der Waals surface area contributed by atoms with E-state index in [1.807, 2.05) is 23.1 Å². The van der Waals surface area contributed by atoms with Gasteiger partial charge in [-0.05, 0) is 18.4 Å². The third kappa shape index (κ3) is 5.21. The summed E-state index contributed by atoms with van der Waals surface area (Å²) in [5, 5.41) is 2.94. The van der Waals surface area contributed by atoms with Gasteiger partial charge in [0, 0.05) is 43.9 Å². The van der Waals surface area contributed by atoms with Crippen molar-refractivity contribution in [2.75, 3.05) is 19.6 Å². The van der Waals surface area contributed by atoms with Gasteiger partial charge in [0.25, 0.3) is 0 Å². The molecule has 0 spiro atoms. The predicted molar refractivity (Wildman–Crippen MR) is 105 cm³/mol. The van der Waals surface area contributed by atoms with Crippen molar-refractivity contribution in [3.8, 4) is 0 Å². The molecule has 3 N–H and O–H groups in total. The second kappa shape index (κ2) is 9.93. The fourth-order valence-electron chi connectivity index (χ4n) is 4.05. The number of halogens is 1. The van der Waals surface area contributed by atoms with Gasteiger partial charge in [-0.2, -0.15) is 0 Å². The molecule has 1 aromatic rings. The molecule has 0 radical (unpaired) electrons. The Morgan fingerprint density at radius 3 is 2.46 bits per heavy atom. The summed E-state index contributed by atoms with van der Waals surface area (Å²) in [6, 6.07) is 10.1. The molecule has 1 heterocycles. The average Bonchev–Trinajstić information content (AvgIpc) is 3.05. The first-order valence-electron chi connectivity index (χ1n) is 9.51. The number of benzene rings is 1. The number of hydrogen-bond acceptors (Lipinski definition) is 3. The molecular weight excluding hydrogens is 350 g/mol. The molecule has 2 fully saturated rings. The highest BCUT2D eigenvalue weighted by Crippen LogP contribution is 2.27. The summed E-state index contributed by atoms with van der Waals surface area (Å²) in [5.41, 5.74) is 7.44. The number of carbonyl (C=O) groups is 2. The molecule has 144 valence electrons. The van der Waals surface area contributed by atoms with Gasteiger partial charge in [-0.25, -0.2) is 0 Å². The van der Waals surface area contributed by atoms with E-state index in [4.69, 9.17) is 5.73 Å². The minimum atomic E-state index is -0.0248. The lowest BCUT2D eigenvalue weighted by atomic mass is 9.89. The molecule has 26 heavy (non-hydrogen) atoms. The van der Waals surface area contributed by atoms with E-state index in [9.17, 15) is 9.59 Å². The Morgan fingerprint density at radius 1 is 1.08 bits per heavy atom. The summed E-state index contributed by atoms with van der Waals surface area (Å²) in [6.07, 6.45) is 5.85. The maximum atomic E-state index is 12.4. The van der Waals surface area contributed by atoms with Crippen LogP contribution in [0.3, 0.4) is 0 Å². The number of rotatable bonds is 5. The Bertz CT molecular complexity index is 590. The van der Waals surface area contributed by atoms with E-state index in [0.717, 1.165) is 25.7 Å². The standard InChI is InChI=1S/C20H29N3O2.ClH/c21-18-14-23(13-17(18)15-7-3-1-4-8-15)19(24)11-12-22-20(25)16-9-5-2-6-10-16;/h1,3-4,7-8,16-18H,2,5-6,9-14,21H2,(H,22,25);1H/t17-,18+;/m0./s1. The number of hydrogen-bond donors (Lipinski definition) is 2. The summed E-state index contributed by atoms with van der Waals surface area (Å²) in [7, 11) is 0. The molecule has 0 bridgehead atoms. The van der Waals surface area contributed by atoms with E-state index in [0.29, 0.717) is 26.1 Å². The van der Waals surface area contributed by atoms with Gasteiger partial charge >= 0.3 is 0 Å². The van der Waals surface area contributed by atoms with Crippen molar-refractivity contribution in [1.82, 2.24) is 10.2 Å². The molecule has 1 aliphatic heterocycles. The Balaban J connectivity index is 0.00000243. The van der Waals surface area contributed by atoms with Crippen LogP contribution in [-0.2, 0) is 9.59 Å². The predicted octanol–water partition coefficient (Wildman–Crippen LogP) is 2.45. The van der Waals surface area contributed by atoms with Gasteiger partial charge in [0.05, 0.1) is 0 Å². The molecule has 1 aromatic carbocycles. The van der Waals surface area contributed by atoms with Crippen molar-refractivity contribution >= 4 is 24.2 Å². The molecule has 2 aliphatic rings. The van der Waals surface area contributed by atoms with Crippen LogP contribution in [-0.4, -0.2) is 42.4 Å². The van der Waals surface area contributed by atoms with E-state index >= 15 is 0 Å². The fraction of sp³-hybridized carbons (Fsp3) is 0.600. The maximum absolute atomic E-state index is 12.4. The highest BCUT2D eigenvalue weighted by atomic mass is 35.5. The fourth-order valence-corrected chi connectivity index (χ4v) is 4.05. The van der Waals surface area contributed by atoms with E-state index in [2.05, 4.69) is 17.4 Å². The lowest BCUT2D eigenvalue weighted by Crippen LogP contribution is -2.37. The number of likely N-dealkylation sites (tertiary alicyclic amines) is 1. The van der Waals surface area contributed by atoms with Crippen molar-refractivity contribution in [3.63, 3.8) is 0 Å². The molecule has 1 saturated heterocycles. The van der Waals surface area contributed by atoms with Gasteiger partial charge in [-0.1, -0.05) is 49.6 Å². The van der Waals surface area contributed by atoms with Crippen molar-refractivity contribution in [3.05, 3.63) is 35.9 Å². The van der Waals surface area contributed by atoms with Crippen molar-refractivity contribution in [2.45, 2.75) is 50.5 Å². The second-order valence-corrected chi connectivity index (χ2v) is 7.36. The van der Waals surface area contributed by atoms with Gasteiger partial charge in [0.1, 0.15) is 0 Å². The third-order valence-electron chi connectivity index (χ3n) is 5.56. The SMILES string of the molecule is Cl.N[C@@H]1CN(C(=O)CCNC(=O)C2CCCCC2)C[C@H]1c1ccccc1. The molecule has 0 unspecified atom stereocenters. The van der Waals surface area contributed by atoms with E-state index in [1.165, 1.54) is 12.0 Å². The van der Waals surface area contributed by atoms with Gasteiger partial charge in [-0.15, -0.1) is 12.4 Å². The van der Waals surface area contributed by atoms with Crippen LogP contribution in [0, 0.1) is 5.92 Å². The average molecular weight is 380 g/mol. The number of carbonyl (C=O) groups excluding carboxylic acids is 2. The van der Waals surface area contributed by atoms with Crippen LogP contribution in [0.15, 0.2) is 30.3 Å². The molecule has 1 aliphatic carbocycles. The molecular formula is C20H30ClN3O2. The molecule has 2 atom stereocenters. The van der Waals surface area contributed by atoms with E-state index in [-0.39, 0.29) is 42.1 Å². The van der Waals surface area contributed by atoms with Crippen LogP contribution in [0.2, 0.25) is 0 Å². The molecule has 3 rings (SSSR count). The van der Waals surface area contributed by atoms with Gasteiger partial charge in [0.2, 0.25) is 11.8 Å². The summed E-state index contributed by atoms with van der Waals surface area (Å²) in [4.78, 5) is 26.4. The van der Waals surface area contributed by atoms with Crippen molar-refractivity contribution in [2.24, 2.45) is 11.7 Å². The largest absolute Gasteiger partial charge is 0.355 e. The minimum Gasteiger partial charge on any atom is -0.355 e. The molecule has 0 aromatic heterocycles. The first kappa shape index (κ1) is 20.7. The summed E-state index contributed by atoms with van der Waals surface area (Å²) in [5.74, 6) is 0.541. The summed E-state index contributed by atoms with van der Waals surface area (Å²) >= 11 is 0. The highest BCUT2D eigenvalue weighted by molar-refractivity contribution is 5.85. The normalized spacial score (nSPS) is 23.3. The minimum absolute atomic E-state index is 0. The number of nitrogens with two attached hydrogens (primary N) is 1. The lowest BCUT2D eigenvalue weighted by Gasteiger charge is -2.21. The van der Waals surface area contributed by atoms with Crippen LogP contribution in [0.5, 0.6) is 0 Å². The number of nitrogens with one attached hydrogen (secondary N) is 1. The van der Waals surface area contributed by atoms with Crippen molar-refractivity contribution < 1.29 is 9.59 Å². The zero-order valence-electron chi connectivity index (χ0n) is 15.2. The first-order valence-corrected chi connectivity index (χ1v) is 9.51. The molecule has 5 nitrogen and oxygen atoms in total. The Kier molecular flexibility index (Phi) is 7.91. The van der Waals surface area contributed by atoms with E-state index < -0.39 is 0 Å². The van der Waals surface area contributed by atoms with Crippen LogP contribution in [0.4, 0.5) is 0 Å². The Labute approximate surface area is 162 Å². The monoisotopic (exact) mass is 379 g/mol. The zero-order chi connectivity index (χ0) is 17.6. The van der Waals surface area contributed by atoms with Gasteiger partial charge in [-0.3, -0.25) is 9.59 Å². The first-order chi connectivity index (χ1) is 12.1. The molecule has 1 saturated carbocycles. The highest BCUT2D eigenvalue weighted by Gasteiger charge is 2.33. The summed E-state index contributed by atoms with van der Waals surface area (Å²) < 4.78 is 0. The smallest absolute Gasteiger partial charge is 0.224 e. The zero-order valence-corrected chi connectivity index (χ0v) is 16.0. The maximum Gasteiger partial charge on any atom is 0.224 e. The van der Waals surface area contributed by atoms with Crippen LogP contribution < -0.4 is 11.1 Å². The topological polar surface area (TPSA) is 75.4 Å². The number of amides is 2. The summed E-state index contributed by atoms with van der Waals surface area (Å²) in [6.45, 7) is 1.69. The van der Waals surface area contributed by atoms with E-state index in [1.54, 1.807) is 0 Å². The Morgan fingerprint density at radius 2 is 1.77 bits per heavy atom. The molecule has 2 amide bonds. The Hall–Kier alpha value is -1.59. The second-order valence-electron chi connectivity index (χ2n) is 7.36. The van der Waals surface area contributed by atoms with Gasteiger partial charge < -0.3 is 16.0 Å². The van der Waals surface area contributed by atoms with Crippen LogP contribution in [0.25, 0.3) is 0 Å². The van der Waals surface area contributed by atoms with Crippen LogP contribution >= 0.6 is 12.4 Å². The number of nitrogens with zero attached hydrogens (tertiary/aromatic N) is 1. The molecule has 6 heteroatoms.